The summed E-state index contributed by atoms with van der Waals surface area (Å²) in [6.07, 6.45) is 4.16. The maximum atomic E-state index is 11.7. The van der Waals surface area contributed by atoms with Gasteiger partial charge in [-0.2, -0.15) is 0 Å². The zero-order chi connectivity index (χ0) is 12.3. The van der Waals surface area contributed by atoms with Gasteiger partial charge in [0.05, 0.1) is 0 Å². The van der Waals surface area contributed by atoms with Gasteiger partial charge in [-0.1, -0.05) is 19.4 Å². The first kappa shape index (κ1) is 12.9. The fourth-order valence-electron chi connectivity index (χ4n) is 1.92. The first-order chi connectivity index (χ1) is 7.31. The number of carbonyl (C=O) groups is 2. The summed E-state index contributed by atoms with van der Waals surface area (Å²) in [5, 5.41) is 0. The van der Waals surface area contributed by atoms with Crippen LogP contribution in [-0.4, -0.2) is 17.4 Å². The van der Waals surface area contributed by atoms with E-state index in [9.17, 15) is 9.59 Å². The van der Waals surface area contributed by atoms with E-state index in [4.69, 9.17) is 4.74 Å². The molecule has 0 aliphatic heterocycles. The largest absolute Gasteiger partial charge is 0.454 e. The summed E-state index contributed by atoms with van der Waals surface area (Å²) >= 11 is 0. The molecule has 0 N–H and O–H groups in total. The molecule has 1 aliphatic carbocycles. The van der Waals surface area contributed by atoms with E-state index in [-0.39, 0.29) is 5.92 Å². The standard InChI is InChI=1S/C13H20O3/c1-9(10-7-5-6-8-10)11(14)12(15)16-13(2,3)4/h10H,1,5-8H2,2-4H3. The first-order valence-corrected chi connectivity index (χ1v) is 5.78. The second-order valence-electron chi connectivity index (χ2n) is 5.34. The highest BCUT2D eigenvalue weighted by atomic mass is 16.6. The van der Waals surface area contributed by atoms with Crippen molar-refractivity contribution in [2.75, 3.05) is 0 Å². The predicted octanol–water partition coefficient (Wildman–Crippen LogP) is 2.64. The summed E-state index contributed by atoms with van der Waals surface area (Å²) < 4.78 is 5.03. The van der Waals surface area contributed by atoms with E-state index in [1.165, 1.54) is 0 Å². The molecule has 3 heteroatoms. The Kier molecular flexibility index (Phi) is 3.89. The van der Waals surface area contributed by atoms with Crippen molar-refractivity contribution >= 4 is 11.8 Å². The molecule has 0 atom stereocenters. The Morgan fingerprint density at radius 1 is 1.19 bits per heavy atom. The minimum atomic E-state index is -0.774. The number of carbonyl (C=O) groups excluding carboxylic acids is 2. The van der Waals surface area contributed by atoms with Crippen molar-refractivity contribution in [1.82, 2.24) is 0 Å². The fraction of sp³-hybridized carbons (Fsp3) is 0.692. The van der Waals surface area contributed by atoms with E-state index in [2.05, 4.69) is 6.58 Å². The maximum Gasteiger partial charge on any atom is 0.379 e. The molecule has 0 bridgehead atoms. The molecule has 0 saturated heterocycles. The molecule has 16 heavy (non-hydrogen) atoms. The third-order valence-electron chi connectivity index (χ3n) is 2.72. The van der Waals surface area contributed by atoms with Crippen LogP contribution < -0.4 is 0 Å². The van der Waals surface area contributed by atoms with Crippen LogP contribution in [-0.2, 0) is 14.3 Å². The minimum Gasteiger partial charge on any atom is -0.454 e. The molecular weight excluding hydrogens is 204 g/mol. The molecule has 0 unspecified atom stereocenters. The third kappa shape index (κ3) is 3.47. The Morgan fingerprint density at radius 2 is 1.69 bits per heavy atom. The average Bonchev–Trinajstić information content (AvgIpc) is 2.65. The fourth-order valence-corrected chi connectivity index (χ4v) is 1.92. The van der Waals surface area contributed by atoms with Crippen molar-refractivity contribution in [3.05, 3.63) is 12.2 Å². The third-order valence-corrected chi connectivity index (χ3v) is 2.72. The van der Waals surface area contributed by atoms with E-state index >= 15 is 0 Å². The van der Waals surface area contributed by atoms with E-state index < -0.39 is 17.4 Å². The summed E-state index contributed by atoms with van der Waals surface area (Å²) in [5.41, 5.74) is -0.199. The molecule has 1 aliphatic rings. The summed E-state index contributed by atoms with van der Waals surface area (Å²) in [7, 11) is 0. The lowest BCUT2D eigenvalue weighted by molar-refractivity contribution is -0.161. The molecule has 1 fully saturated rings. The van der Waals surface area contributed by atoms with Crippen molar-refractivity contribution in [2.45, 2.75) is 52.1 Å². The van der Waals surface area contributed by atoms with Gasteiger partial charge >= 0.3 is 5.97 Å². The summed E-state index contributed by atoms with van der Waals surface area (Å²) in [4.78, 5) is 23.3. The molecule has 1 saturated carbocycles. The Labute approximate surface area is 96.9 Å². The van der Waals surface area contributed by atoms with Gasteiger partial charge in [-0.3, -0.25) is 4.79 Å². The van der Waals surface area contributed by atoms with Gasteiger partial charge in [0.15, 0.2) is 0 Å². The molecule has 0 radical (unpaired) electrons. The molecule has 0 heterocycles. The van der Waals surface area contributed by atoms with Crippen LogP contribution in [0.4, 0.5) is 0 Å². The predicted molar refractivity (Wildman–Crippen MR) is 62.0 cm³/mol. The summed E-state index contributed by atoms with van der Waals surface area (Å²) in [5.74, 6) is -1.15. The number of Topliss-reactive ketones (excluding diaryl/α,β-unsaturated/α-hetero) is 1. The van der Waals surface area contributed by atoms with Crippen molar-refractivity contribution in [3.63, 3.8) is 0 Å². The van der Waals surface area contributed by atoms with Gasteiger partial charge in [0, 0.05) is 5.57 Å². The highest BCUT2D eigenvalue weighted by Crippen LogP contribution is 2.30. The van der Waals surface area contributed by atoms with Crippen LogP contribution in [0.1, 0.15) is 46.5 Å². The van der Waals surface area contributed by atoms with Gasteiger partial charge in [0.2, 0.25) is 0 Å². The smallest absolute Gasteiger partial charge is 0.379 e. The van der Waals surface area contributed by atoms with Crippen LogP contribution in [0.2, 0.25) is 0 Å². The number of ketones is 1. The van der Waals surface area contributed by atoms with Crippen molar-refractivity contribution in [1.29, 1.82) is 0 Å². The van der Waals surface area contributed by atoms with Gasteiger partial charge in [0.25, 0.3) is 5.78 Å². The number of hydrogen-bond acceptors (Lipinski definition) is 3. The normalized spacial score (nSPS) is 17.2. The van der Waals surface area contributed by atoms with Crippen LogP contribution in [0, 0.1) is 5.92 Å². The molecule has 0 spiro atoms. The second-order valence-corrected chi connectivity index (χ2v) is 5.34. The lowest BCUT2D eigenvalue weighted by Gasteiger charge is -2.20. The topological polar surface area (TPSA) is 43.4 Å². The molecule has 0 aromatic carbocycles. The molecule has 90 valence electrons. The van der Waals surface area contributed by atoms with Gasteiger partial charge in [-0.15, -0.1) is 0 Å². The number of ether oxygens (including phenoxy) is 1. The Hall–Kier alpha value is -1.12. The maximum absolute atomic E-state index is 11.7. The Balaban J connectivity index is 2.56. The van der Waals surface area contributed by atoms with Crippen LogP contribution in [0.3, 0.4) is 0 Å². The van der Waals surface area contributed by atoms with Crippen LogP contribution in [0.5, 0.6) is 0 Å². The molecule has 1 rings (SSSR count). The quantitative estimate of drug-likeness (QED) is 0.420. The number of esters is 1. The van der Waals surface area contributed by atoms with E-state index in [1.54, 1.807) is 20.8 Å². The lowest BCUT2D eigenvalue weighted by Crippen LogP contribution is -2.30. The van der Waals surface area contributed by atoms with Crippen LogP contribution in [0.15, 0.2) is 12.2 Å². The van der Waals surface area contributed by atoms with E-state index in [0.717, 1.165) is 25.7 Å². The SMILES string of the molecule is C=C(C(=O)C(=O)OC(C)(C)C)C1CCCC1. The zero-order valence-corrected chi connectivity index (χ0v) is 10.3. The first-order valence-electron chi connectivity index (χ1n) is 5.78. The average molecular weight is 224 g/mol. The summed E-state index contributed by atoms with van der Waals surface area (Å²) in [6.45, 7) is 8.98. The van der Waals surface area contributed by atoms with Crippen molar-refractivity contribution < 1.29 is 14.3 Å². The number of hydrogen-bond donors (Lipinski definition) is 0. The molecule has 3 nitrogen and oxygen atoms in total. The zero-order valence-electron chi connectivity index (χ0n) is 10.3. The monoisotopic (exact) mass is 224 g/mol. The lowest BCUT2D eigenvalue weighted by atomic mass is 9.95. The molecule has 0 amide bonds. The van der Waals surface area contributed by atoms with Gasteiger partial charge in [0.1, 0.15) is 5.60 Å². The van der Waals surface area contributed by atoms with E-state index in [0.29, 0.717) is 5.57 Å². The molecular formula is C13H20O3. The van der Waals surface area contributed by atoms with Crippen molar-refractivity contribution in [2.24, 2.45) is 5.92 Å². The van der Waals surface area contributed by atoms with Crippen LogP contribution >= 0.6 is 0 Å². The Bertz CT molecular complexity index is 304. The van der Waals surface area contributed by atoms with Gasteiger partial charge < -0.3 is 4.74 Å². The molecule has 0 aromatic rings. The van der Waals surface area contributed by atoms with Gasteiger partial charge in [-0.05, 0) is 39.5 Å². The summed E-state index contributed by atoms with van der Waals surface area (Å²) in [6, 6.07) is 0. The second kappa shape index (κ2) is 4.81. The highest BCUT2D eigenvalue weighted by molar-refractivity contribution is 6.40. The van der Waals surface area contributed by atoms with Gasteiger partial charge in [-0.25, -0.2) is 4.79 Å². The Morgan fingerprint density at radius 3 is 2.12 bits per heavy atom. The van der Waals surface area contributed by atoms with Crippen LogP contribution in [0.25, 0.3) is 0 Å². The minimum absolute atomic E-state index is 0.181. The highest BCUT2D eigenvalue weighted by Gasteiger charge is 2.30. The van der Waals surface area contributed by atoms with Crippen molar-refractivity contribution in [3.8, 4) is 0 Å². The number of rotatable bonds is 3. The van der Waals surface area contributed by atoms with E-state index in [1.807, 2.05) is 0 Å². The molecule has 0 aromatic heterocycles.